The number of benzene rings is 2. The molecule has 0 bridgehead atoms. The van der Waals surface area contributed by atoms with Crippen LogP contribution in [0.25, 0.3) is 10.9 Å². The lowest BCUT2D eigenvalue weighted by Gasteiger charge is -2.25. The molecule has 2 aliphatic heterocycles. The number of nitrogens with one attached hydrogen (secondary N) is 1. The third-order valence-corrected chi connectivity index (χ3v) is 5.81. The van der Waals surface area contributed by atoms with Gasteiger partial charge in [0.25, 0.3) is 0 Å². The van der Waals surface area contributed by atoms with E-state index in [9.17, 15) is 14.3 Å². The first kappa shape index (κ1) is 20.9. The monoisotopic (exact) mass is 458 g/mol. The molecule has 2 unspecified atom stereocenters. The zero-order valence-electron chi connectivity index (χ0n) is 16.9. The highest BCUT2D eigenvalue weighted by Crippen LogP contribution is 2.39. The molecule has 0 saturated carbocycles. The Balaban J connectivity index is 1.60. The molecule has 10 heteroatoms. The van der Waals surface area contributed by atoms with Gasteiger partial charge in [0.1, 0.15) is 36.0 Å². The summed E-state index contributed by atoms with van der Waals surface area (Å²) in [4.78, 5) is 22.5. The molecule has 0 radical (unpaired) electrons. The molecule has 166 valence electrons. The van der Waals surface area contributed by atoms with Gasteiger partial charge in [-0.05, 0) is 24.3 Å². The summed E-state index contributed by atoms with van der Waals surface area (Å²) in [6.07, 6.45) is 1.62. The molecule has 2 aromatic carbocycles. The first-order valence-electron chi connectivity index (χ1n) is 10.2. The van der Waals surface area contributed by atoms with Crippen LogP contribution in [-0.4, -0.2) is 46.5 Å². The minimum Gasteiger partial charge on any atom is -0.486 e. The van der Waals surface area contributed by atoms with E-state index in [1.807, 2.05) is 0 Å². The van der Waals surface area contributed by atoms with Crippen molar-refractivity contribution in [3.63, 3.8) is 0 Å². The number of fused-ring (bicyclic) bond motifs is 1. The van der Waals surface area contributed by atoms with Crippen LogP contribution in [0.4, 0.5) is 21.6 Å². The summed E-state index contributed by atoms with van der Waals surface area (Å²) in [7, 11) is 0. The molecule has 2 aliphatic rings. The summed E-state index contributed by atoms with van der Waals surface area (Å²) < 4.78 is 25.1. The fourth-order valence-electron chi connectivity index (χ4n) is 3.91. The van der Waals surface area contributed by atoms with Crippen molar-refractivity contribution in [3.8, 4) is 5.75 Å². The summed E-state index contributed by atoms with van der Waals surface area (Å²) >= 11 is 5.90. The van der Waals surface area contributed by atoms with Gasteiger partial charge in [0.2, 0.25) is 5.91 Å². The molecule has 2 fully saturated rings. The summed E-state index contributed by atoms with van der Waals surface area (Å²) in [5, 5.41) is 14.2. The highest BCUT2D eigenvalue weighted by atomic mass is 35.5. The van der Waals surface area contributed by atoms with Gasteiger partial charge in [-0.3, -0.25) is 9.69 Å². The van der Waals surface area contributed by atoms with Crippen LogP contribution in [0, 0.1) is 5.82 Å². The molecule has 1 aromatic heterocycles. The summed E-state index contributed by atoms with van der Waals surface area (Å²) in [6.45, 7) is 1.06. The summed E-state index contributed by atoms with van der Waals surface area (Å²) in [5.74, 6) is 0.167. The van der Waals surface area contributed by atoms with Gasteiger partial charge in [-0.25, -0.2) is 14.4 Å². The Morgan fingerprint density at radius 3 is 2.84 bits per heavy atom. The van der Waals surface area contributed by atoms with E-state index in [1.165, 1.54) is 23.4 Å². The first-order chi connectivity index (χ1) is 15.5. The number of nitrogens with zero attached hydrogens (tertiary/aromatic N) is 3. The van der Waals surface area contributed by atoms with Crippen molar-refractivity contribution < 1.29 is 23.8 Å². The predicted octanol–water partition coefficient (Wildman–Crippen LogP) is 3.78. The van der Waals surface area contributed by atoms with E-state index < -0.39 is 12.0 Å². The van der Waals surface area contributed by atoms with Gasteiger partial charge < -0.3 is 19.9 Å². The SMILES string of the molecule is O=C1CCC(O)N1c1cc2c(Nc3ccc(F)c(Cl)c3)ncnc2cc1OC1CCOC1. The smallest absolute Gasteiger partial charge is 0.229 e. The molecular weight excluding hydrogens is 439 g/mol. The van der Waals surface area contributed by atoms with Crippen molar-refractivity contribution in [2.24, 2.45) is 0 Å². The molecule has 5 rings (SSSR count). The number of halogens is 2. The van der Waals surface area contributed by atoms with Crippen molar-refractivity contribution in [3.05, 3.63) is 47.5 Å². The van der Waals surface area contributed by atoms with Crippen LogP contribution in [0.1, 0.15) is 19.3 Å². The predicted molar refractivity (Wildman–Crippen MR) is 117 cm³/mol. The van der Waals surface area contributed by atoms with Crippen LogP contribution in [0.2, 0.25) is 5.02 Å². The molecule has 8 nitrogen and oxygen atoms in total. The fraction of sp³-hybridized carbons (Fsp3) is 0.318. The van der Waals surface area contributed by atoms with Gasteiger partial charge in [-0.15, -0.1) is 0 Å². The number of ether oxygens (including phenoxy) is 2. The molecule has 0 spiro atoms. The minimum atomic E-state index is -0.945. The van der Waals surface area contributed by atoms with Gasteiger partial charge in [-0.1, -0.05) is 11.6 Å². The lowest BCUT2D eigenvalue weighted by Crippen LogP contribution is -2.33. The summed E-state index contributed by atoms with van der Waals surface area (Å²) in [6, 6.07) is 7.71. The second-order valence-electron chi connectivity index (χ2n) is 7.70. The molecular formula is C22H20ClFN4O4. The minimum absolute atomic E-state index is 0.0192. The number of carbonyl (C=O) groups is 1. The van der Waals surface area contributed by atoms with Crippen molar-refractivity contribution in [1.82, 2.24) is 9.97 Å². The molecule has 32 heavy (non-hydrogen) atoms. The van der Waals surface area contributed by atoms with Crippen LogP contribution < -0.4 is 15.0 Å². The molecule has 3 aromatic rings. The Morgan fingerprint density at radius 1 is 1.25 bits per heavy atom. The Kier molecular flexibility index (Phi) is 5.54. The Labute approximate surface area is 187 Å². The number of anilines is 3. The van der Waals surface area contributed by atoms with Gasteiger partial charge in [0.15, 0.2) is 0 Å². The van der Waals surface area contributed by atoms with E-state index in [2.05, 4.69) is 15.3 Å². The number of aromatic nitrogens is 2. The molecule has 3 heterocycles. The maximum Gasteiger partial charge on any atom is 0.229 e. The average molecular weight is 459 g/mol. The Morgan fingerprint density at radius 2 is 2.12 bits per heavy atom. The van der Waals surface area contributed by atoms with Crippen molar-refractivity contribution >= 4 is 45.6 Å². The lowest BCUT2D eigenvalue weighted by atomic mass is 10.1. The highest BCUT2D eigenvalue weighted by Gasteiger charge is 2.34. The van der Waals surface area contributed by atoms with E-state index in [4.69, 9.17) is 21.1 Å². The van der Waals surface area contributed by atoms with Crippen LogP contribution in [0.5, 0.6) is 5.75 Å². The quantitative estimate of drug-likeness (QED) is 0.600. The molecule has 2 N–H and O–H groups in total. The molecule has 2 saturated heterocycles. The maximum atomic E-state index is 13.5. The highest BCUT2D eigenvalue weighted by molar-refractivity contribution is 6.31. The zero-order chi connectivity index (χ0) is 22.2. The van der Waals surface area contributed by atoms with E-state index in [0.717, 1.165) is 6.42 Å². The molecule has 2 atom stereocenters. The van der Waals surface area contributed by atoms with Gasteiger partial charge in [0, 0.05) is 36.4 Å². The van der Waals surface area contributed by atoms with Gasteiger partial charge >= 0.3 is 0 Å². The zero-order valence-corrected chi connectivity index (χ0v) is 17.7. The third-order valence-electron chi connectivity index (χ3n) is 5.52. The van der Waals surface area contributed by atoms with Crippen molar-refractivity contribution in [2.75, 3.05) is 23.4 Å². The molecule has 0 aliphatic carbocycles. The van der Waals surface area contributed by atoms with E-state index >= 15 is 0 Å². The topological polar surface area (TPSA) is 96.8 Å². The summed E-state index contributed by atoms with van der Waals surface area (Å²) in [5.41, 5.74) is 1.56. The standard InChI is InChI=1S/C22H20ClFN4O4/c23-15-7-12(1-2-16(15)24)27-22-14-8-18(28-20(29)3-4-21(28)30)19(9-17(14)25-11-26-22)32-13-5-6-31-10-13/h1-2,7-9,11,13,20,29H,3-6,10H2,(H,25,26,27). The van der Waals surface area contributed by atoms with Crippen molar-refractivity contribution in [1.29, 1.82) is 0 Å². The van der Waals surface area contributed by atoms with Crippen LogP contribution >= 0.6 is 11.6 Å². The third kappa shape index (κ3) is 3.94. The largest absolute Gasteiger partial charge is 0.486 e. The molecule has 1 amide bonds. The Hall–Kier alpha value is -3.01. The Bertz CT molecular complexity index is 1190. The van der Waals surface area contributed by atoms with Crippen LogP contribution in [0.15, 0.2) is 36.7 Å². The van der Waals surface area contributed by atoms with Crippen LogP contribution in [0.3, 0.4) is 0 Å². The second-order valence-corrected chi connectivity index (χ2v) is 8.11. The maximum absolute atomic E-state index is 13.5. The van der Waals surface area contributed by atoms with E-state index in [0.29, 0.717) is 53.5 Å². The average Bonchev–Trinajstić information content (AvgIpc) is 3.40. The number of hydrogen-bond acceptors (Lipinski definition) is 7. The number of hydrogen-bond donors (Lipinski definition) is 2. The number of aliphatic hydroxyl groups excluding tert-OH is 1. The first-order valence-corrected chi connectivity index (χ1v) is 10.6. The fourth-order valence-corrected chi connectivity index (χ4v) is 4.09. The van der Waals surface area contributed by atoms with Crippen molar-refractivity contribution in [2.45, 2.75) is 31.6 Å². The number of amides is 1. The van der Waals surface area contributed by atoms with Gasteiger partial charge in [0.05, 0.1) is 29.4 Å². The van der Waals surface area contributed by atoms with E-state index in [1.54, 1.807) is 18.2 Å². The normalized spacial score (nSPS) is 20.8. The lowest BCUT2D eigenvalue weighted by molar-refractivity contribution is -0.117. The van der Waals surface area contributed by atoms with Crippen LogP contribution in [-0.2, 0) is 9.53 Å². The van der Waals surface area contributed by atoms with E-state index in [-0.39, 0.29) is 23.5 Å². The number of aliphatic hydroxyl groups is 1. The van der Waals surface area contributed by atoms with Gasteiger partial charge in [-0.2, -0.15) is 0 Å². The number of rotatable bonds is 5. The number of carbonyl (C=O) groups excluding carboxylic acids is 1. The second kappa shape index (κ2) is 8.50.